The van der Waals surface area contributed by atoms with Crippen LogP contribution in [0.1, 0.15) is 5.56 Å². The van der Waals surface area contributed by atoms with E-state index in [1.807, 2.05) is 18.2 Å². The second kappa shape index (κ2) is 8.48. The van der Waals surface area contributed by atoms with Crippen LogP contribution in [0.15, 0.2) is 22.7 Å². The van der Waals surface area contributed by atoms with E-state index in [1.54, 1.807) is 14.2 Å². The van der Waals surface area contributed by atoms with E-state index in [0.717, 1.165) is 23.3 Å². The molecule has 0 unspecified atom stereocenters. The lowest BCUT2D eigenvalue weighted by molar-refractivity contribution is 0.127. The zero-order valence-corrected chi connectivity index (χ0v) is 12.4. The maximum absolute atomic E-state index is 9.04. The lowest BCUT2D eigenvalue weighted by Crippen LogP contribution is -2.29. The standard InChI is InChI=1S/C13H20BrNO3/c1-17-8-6-15(5-7-16)10-11-3-4-13(18-2)12(14)9-11/h3-4,9,16H,5-8,10H2,1-2H3. The molecule has 0 heterocycles. The number of aliphatic hydroxyl groups excluding tert-OH is 1. The van der Waals surface area contributed by atoms with Crippen LogP contribution in [0.2, 0.25) is 0 Å². The fourth-order valence-corrected chi connectivity index (χ4v) is 2.29. The minimum Gasteiger partial charge on any atom is -0.496 e. The van der Waals surface area contributed by atoms with Crippen molar-refractivity contribution in [2.24, 2.45) is 0 Å². The maximum atomic E-state index is 9.04. The first kappa shape index (κ1) is 15.4. The van der Waals surface area contributed by atoms with Gasteiger partial charge in [-0.15, -0.1) is 0 Å². The summed E-state index contributed by atoms with van der Waals surface area (Å²) in [5.41, 5.74) is 1.17. The number of aliphatic hydroxyl groups is 1. The number of methoxy groups -OCH3 is 2. The van der Waals surface area contributed by atoms with Gasteiger partial charge in [-0.25, -0.2) is 0 Å². The summed E-state index contributed by atoms with van der Waals surface area (Å²) in [4.78, 5) is 2.15. The molecule has 0 aliphatic rings. The van der Waals surface area contributed by atoms with E-state index in [1.165, 1.54) is 5.56 Å². The Kier molecular flexibility index (Phi) is 7.27. The predicted molar refractivity (Wildman–Crippen MR) is 74.9 cm³/mol. The SMILES string of the molecule is COCCN(CCO)Cc1ccc(OC)c(Br)c1. The van der Waals surface area contributed by atoms with Crippen LogP contribution >= 0.6 is 15.9 Å². The maximum Gasteiger partial charge on any atom is 0.133 e. The molecular formula is C13H20BrNO3. The summed E-state index contributed by atoms with van der Waals surface area (Å²) in [6.07, 6.45) is 0. The zero-order chi connectivity index (χ0) is 13.4. The number of halogens is 1. The van der Waals surface area contributed by atoms with Crippen molar-refractivity contribution >= 4 is 15.9 Å². The molecule has 0 saturated heterocycles. The minimum absolute atomic E-state index is 0.154. The van der Waals surface area contributed by atoms with E-state index < -0.39 is 0 Å². The van der Waals surface area contributed by atoms with Gasteiger partial charge in [0, 0.05) is 26.7 Å². The Hall–Kier alpha value is -0.620. The Morgan fingerprint density at radius 1 is 1.28 bits per heavy atom. The van der Waals surface area contributed by atoms with Gasteiger partial charge >= 0.3 is 0 Å². The van der Waals surface area contributed by atoms with E-state index in [0.29, 0.717) is 13.2 Å². The summed E-state index contributed by atoms with van der Waals surface area (Å²) in [5, 5.41) is 9.04. The zero-order valence-electron chi connectivity index (χ0n) is 10.9. The molecule has 1 aromatic rings. The summed E-state index contributed by atoms with van der Waals surface area (Å²) < 4.78 is 11.2. The van der Waals surface area contributed by atoms with E-state index in [4.69, 9.17) is 14.6 Å². The van der Waals surface area contributed by atoms with E-state index in [9.17, 15) is 0 Å². The first-order chi connectivity index (χ1) is 8.71. The van der Waals surface area contributed by atoms with Crippen molar-refractivity contribution < 1.29 is 14.6 Å². The highest BCUT2D eigenvalue weighted by Gasteiger charge is 2.07. The molecule has 1 N–H and O–H groups in total. The topological polar surface area (TPSA) is 41.9 Å². The van der Waals surface area contributed by atoms with Gasteiger partial charge in [0.05, 0.1) is 24.8 Å². The second-order valence-corrected chi connectivity index (χ2v) is 4.82. The van der Waals surface area contributed by atoms with Crippen molar-refractivity contribution in [1.29, 1.82) is 0 Å². The molecule has 0 amide bonds. The Bertz CT molecular complexity index is 360. The van der Waals surface area contributed by atoms with Crippen molar-refractivity contribution in [1.82, 2.24) is 4.90 Å². The second-order valence-electron chi connectivity index (χ2n) is 3.96. The lowest BCUT2D eigenvalue weighted by atomic mass is 10.2. The first-order valence-corrected chi connectivity index (χ1v) is 6.65. The Balaban J connectivity index is 2.64. The fraction of sp³-hybridized carbons (Fsp3) is 0.538. The van der Waals surface area contributed by atoms with Crippen molar-refractivity contribution in [3.8, 4) is 5.75 Å². The highest BCUT2D eigenvalue weighted by Crippen LogP contribution is 2.25. The number of rotatable bonds is 8. The van der Waals surface area contributed by atoms with Crippen LogP contribution in [0.25, 0.3) is 0 Å². The van der Waals surface area contributed by atoms with E-state index in [-0.39, 0.29) is 6.61 Å². The molecule has 1 rings (SSSR count). The summed E-state index contributed by atoms with van der Waals surface area (Å²) in [6.45, 7) is 3.05. The van der Waals surface area contributed by atoms with Crippen molar-refractivity contribution in [3.63, 3.8) is 0 Å². The molecule has 5 heteroatoms. The molecule has 0 aromatic heterocycles. The molecule has 0 atom stereocenters. The molecule has 0 bridgehead atoms. The molecule has 0 spiro atoms. The van der Waals surface area contributed by atoms with Gasteiger partial charge in [0.15, 0.2) is 0 Å². The highest BCUT2D eigenvalue weighted by atomic mass is 79.9. The highest BCUT2D eigenvalue weighted by molar-refractivity contribution is 9.10. The van der Waals surface area contributed by atoms with Gasteiger partial charge in [-0.2, -0.15) is 0 Å². The average molecular weight is 318 g/mol. The summed E-state index contributed by atoms with van der Waals surface area (Å²) in [6, 6.07) is 6.00. The molecule has 0 radical (unpaired) electrons. The Morgan fingerprint density at radius 2 is 2.06 bits per heavy atom. The van der Waals surface area contributed by atoms with Gasteiger partial charge in [-0.05, 0) is 33.6 Å². The third-order valence-corrected chi connectivity index (χ3v) is 3.27. The van der Waals surface area contributed by atoms with Gasteiger partial charge in [0.25, 0.3) is 0 Å². The number of hydrogen-bond acceptors (Lipinski definition) is 4. The van der Waals surface area contributed by atoms with Crippen molar-refractivity contribution in [2.45, 2.75) is 6.54 Å². The van der Waals surface area contributed by atoms with Crippen LogP contribution < -0.4 is 4.74 Å². The van der Waals surface area contributed by atoms with Gasteiger partial charge in [-0.1, -0.05) is 6.07 Å². The molecule has 0 aliphatic carbocycles. The number of hydrogen-bond donors (Lipinski definition) is 1. The van der Waals surface area contributed by atoms with Crippen LogP contribution in [0.5, 0.6) is 5.75 Å². The van der Waals surface area contributed by atoms with Crippen LogP contribution in [0, 0.1) is 0 Å². The quantitative estimate of drug-likeness (QED) is 0.795. The number of ether oxygens (including phenoxy) is 2. The van der Waals surface area contributed by atoms with Gasteiger partial charge in [0.2, 0.25) is 0 Å². The van der Waals surface area contributed by atoms with E-state index in [2.05, 4.69) is 20.8 Å². The Labute approximate surface area is 117 Å². The molecule has 18 heavy (non-hydrogen) atoms. The molecular weight excluding hydrogens is 298 g/mol. The van der Waals surface area contributed by atoms with Gasteiger partial charge in [0.1, 0.15) is 5.75 Å². The molecule has 4 nitrogen and oxygen atoms in total. The minimum atomic E-state index is 0.154. The Morgan fingerprint density at radius 3 is 2.61 bits per heavy atom. The van der Waals surface area contributed by atoms with Crippen molar-refractivity contribution in [3.05, 3.63) is 28.2 Å². The first-order valence-electron chi connectivity index (χ1n) is 5.85. The number of benzene rings is 1. The normalized spacial score (nSPS) is 10.9. The van der Waals surface area contributed by atoms with Crippen molar-refractivity contribution in [2.75, 3.05) is 40.5 Å². The van der Waals surface area contributed by atoms with Gasteiger partial charge in [-0.3, -0.25) is 4.90 Å². The monoisotopic (exact) mass is 317 g/mol. The van der Waals surface area contributed by atoms with E-state index >= 15 is 0 Å². The number of nitrogens with zero attached hydrogens (tertiary/aromatic N) is 1. The molecule has 1 aromatic carbocycles. The van der Waals surface area contributed by atoms with Gasteiger partial charge < -0.3 is 14.6 Å². The largest absolute Gasteiger partial charge is 0.496 e. The summed E-state index contributed by atoms with van der Waals surface area (Å²) >= 11 is 3.47. The smallest absolute Gasteiger partial charge is 0.133 e. The molecule has 0 saturated carbocycles. The van der Waals surface area contributed by atoms with Crippen LogP contribution in [0.3, 0.4) is 0 Å². The molecule has 102 valence electrons. The molecule has 0 aliphatic heterocycles. The van der Waals surface area contributed by atoms with Crippen LogP contribution in [-0.4, -0.2) is 50.5 Å². The summed E-state index contributed by atoms with van der Waals surface area (Å²) in [7, 11) is 3.33. The van der Waals surface area contributed by atoms with Crippen LogP contribution in [-0.2, 0) is 11.3 Å². The lowest BCUT2D eigenvalue weighted by Gasteiger charge is -2.21. The van der Waals surface area contributed by atoms with Crippen LogP contribution in [0.4, 0.5) is 0 Å². The molecule has 0 fully saturated rings. The predicted octanol–water partition coefficient (Wildman–Crippen LogP) is 1.90. The third kappa shape index (κ3) is 4.94. The average Bonchev–Trinajstić information content (AvgIpc) is 2.36. The third-order valence-electron chi connectivity index (χ3n) is 2.65. The fourth-order valence-electron chi connectivity index (χ4n) is 1.70. The summed E-state index contributed by atoms with van der Waals surface area (Å²) in [5.74, 6) is 0.823.